The van der Waals surface area contributed by atoms with E-state index in [0.717, 1.165) is 29.9 Å². The van der Waals surface area contributed by atoms with Gasteiger partial charge in [0, 0.05) is 22.6 Å². The minimum Gasteiger partial charge on any atom is -0.507 e. The number of rotatable bonds is 8. The second-order valence-electron chi connectivity index (χ2n) is 5.35. The molecule has 0 amide bonds. The Kier molecular flexibility index (Phi) is 10.5. The van der Waals surface area contributed by atoms with Gasteiger partial charge in [0.15, 0.2) is 10.3 Å². The highest BCUT2D eigenvalue weighted by Gasteiger charge is 2.06. The first kappa shape index (κ1) is 22.0. The van der Waals surface area contributed by atoms with E-state index in [2.05, 4.69) is 34.3 Å². The predicted octanol–water partition coefficient (Wildman–Crippen LogP) is 3.28. The molecule has 0 atom stereocenters. The molecule has 0 saturated carbocycles. The Morgan fingerprint density at radius 2 is 1.38 bits per heavy atom. The molecule has 142 valence electrons. The molecule has 0 unspecified atom stereocenters. The van der Waals surface area contributed by atoms with E-state index >= 15 is 0 Å². The van der Waals surface area contributed by atoms with E-state index in [4.69, 9.17) is 11.5 Å². The predicted molar refractivity (Wildman–Crippen MR) is 117 cm³/mol. The van der Waals surface area contributed by atoms with Crippen molar-refractivity contribution in [2.75, 3.05) is 11.5 Å². The Hall–Kier alpha value is -2.00. The minimum atomic E-state index is 0.0491. The third-order valence-electron chi connectivity index (χ3n) is 2.93. The van der Waals surface area contributed by atoms with Gasteiger partial charge in [-0.3, -0.25) is 0 Å². The fourth-order valence-electron chi connectivity index (χ4n) is 1.80. The fourth-order valence-corrected chi connectivity index (χ4v) is 2.84. The van der Waals surface area contributed by atoms with Gasteiger partial charge in [0.25, 0.3) is 0 Å². The van der Waals surface area contributed by atoms with Crippen LogP contribution in [0.5, 0.6) is 5.75 Å². The highest BCUT2D eigenvalue weighted by Crippen LogP contribution is 2.22. The Morgan fingerprint density at radius 1 is 0.962 bits per heavy atom. The number of phenols is 1. The third kappa shape index (κ3) is 8.39. The molecule has 7 nitrogen and oxygen atoms in total. The first-order valence-corrected chi connectivity index (χ1v) is 10.3. The summed E-state index contributed by atoms with van der Waals surface area (Å²) < 4.78 is 0. The molecule has 0 heterocycles. The highest BCUT2D eigenvalue weighted by atomic mass is 32.2. The zero-order chi connectivity index (χ0) is 19.4. The number of benzene rings is 1. The number of phenolic OH excluding ortho intramolecular Hbond substituents is 1. The molecule has 0 aliphatic rings. The van der Waals surface area contributed by atoms with E-state index in [1.54, 1.807) is 12.1 Å². The molecule has 0 aliphatic heterocycles. The van der Waals surface area contributed by atoms with Gasteiger partial charge in [0.05, 0.1) is 12.4 Å². The zero-order valence-electron chi connectivity index (χ0n) is 15.3. The lowest BCUT2D eigenvalue weighted by Gasteiger charge is -2.04. The molecule has 1 aromatic carbocycles. The quantitative estimate of drug-likeness (QED) is 0.355. The smallest absolute Gasteiger partial charge is 0.180 e. The van der Waals surface area contributed by atoms with Crippen LogP contribution in [0.25, 0.3) is 0 Å². The molecular weight excluding hydrogens is 368 g/mol. The summed E-state index contributed by atoms with van der Waals surface area (Å²) in [7, 11) is 0. The van der Waals surface area contributed by atoms with Crippen LogP contribution in [-0.2, 0) is 0 Å². The van der Waals surface area contributed by atoms with Crippen LogP contribution >= 0.6 is 23.5 Å². The second-order valence-corrected chi connectivity index (χ2v) is 7.58. The molecule has 5 N–H and O–H groups in total. The molecular formula is C17H26N6OS2. The summed E-state index contributed by atoms with van der Waals surface area (Å²) in [5.74, 6) is 1.83. The number of nitrogens with two attached hydrogens (primary N) is 2. The van der Waals surface area contributed by atoms with Crippen LogP contribution < -0.4 is 11.5 Å². The fraction of sp³-hybridized carbons (Fsp3) is 0.412. The van der Waals surface area contributed by atoms with E-state index in [9.17, 15) is 5.11 Å². The Balaban J connectivity index is 2.91. The normalized spacial score (nSPS) is 13.2. The number of aromatic hydroxyl groups is 1. The molecule has 0 bridgehead atoms. The Labute approximate surface area is 163 Å². The molecule has 0 radical (unpaired) electrons. The van der Waals surface area contributed by atoms with Gasteiger partial charge in [-0.15, -0.1) is 10.2 Å². The molecule has 0 aromatic heterocycles. The van der Waals surface area contributed by atoms with Crippen molar-refractivity contribution in [2.45, 2.75) is 33.6 Å². The maximum Gasteiger partial charge on any atom is 0.180 e. The number of hydrogen-bond donors (Lipinski definition) is 3. The van der Waals surface area contributed by atoms with E-state index in [0.29, 0.717) is 21.5 Å². The van der Waals surface area contributed by atoms with Crippen molar-refractivity contribution in [3.8, 4) is 5.75 Å². The average Bonchev–Trinajstić information content (AvgIpc) is 2.61. The SMILES string of the molecule is CCCSC(N)=NN=Cc1cc(C)cc(/C=N/N=C(N)SCCC)c1O. The summed E-state index contributed by atoms with van der Waals surface area (Å²) >= 11 is 2.89. The van der Waals surface area contributed by atoms with Crippen molar-refractivity contribution in [2.24, 2.45) is 31.9 Å². The number of aryl methyl sites for hydroxylation is 1. The number of amidine groups is 2. The van der Waals surface area contributed by atoms with E-state index in [-0.39, 0.29) is 5.75 Å². The van der Waals surface area contributed by atoms with Gasteiger partial charge in [-0.05, 0) is 37.5 Å². The molecule has 0 fully saturated rings. The van der Waals surface area contributed by atoms with Crippen LogP contribution in [0.3, 0.4) is 0 Å². The van der Waals surface area contributed by atoms with Crippen molar-refractivity contribution in [3.05, 3.63) is 28.8 Å². The molecule has 26 heavy (non-hydrogen) atoms. The van der Waals surface area contributed by atoms with Gasteiger partial charge in [0.1, 0.15) is 5.75 Å². The maximum absolute atomic E-state index is 10.4. The molecule has 1 aromatic rings. The van der Waals surface area contributed by atoms with Crippen LogP contribution in [0.2, 0.25) is 0 Å². The van der Waals surface area contributed by atoms with Crippen LogP contribution in [0.1, 0.15) is 43.4 Å². The number of hydrogen-bond acceptors (Lipinski definition) is 7. The lowest BCUT2D eigenvalue weighted by Crippen LogP contribution is -2.06. The summed E-state index contributed by atoms with van der Waals surface area (Å²) in [6.07, 6.45) is 4.95. The summed E-state index contributed by atoms with van der Waals surface area (Å²) in [4.78, 5) is 0. The van der Waals surface area contributed by atoms with Crippen molar-refractivity contribution in [1.82, 2.24) is 0 Å². The van der Waals surface area contributed by atoms with Crippen LogP contribution in [0.4, 0.5) is 0 Å². The topological polar surface area (TPSA) is 122 Å². The van der Waals surface area contributed by atoms with Crippen molar-refractivity contribution < 1.29 is 5.11 Å². The zero-order valence-corrected chi connectivity index (χ0v) is 17.0. The lowest BCUT2D eigenvalue weighted by molar-refractivity contribution is 0.473. The lowest BCUT2D eigenvalue weighted by atomic mass is 10.1. The maximum atomic E-state index is 10.4. The van der Waals surface area contributed by atoms with E-state index < -0.39 is 0 Å². The van der Waals surface area contributed by atoms with Crippen LogP contribution in [-0.4, -0.2) is 39.4 Å². The first-order chi connectivity index (χ1) is 12.5. The number of nitrogens with zero attached hydrogens (tertiary/aromatic N) is 4. The van der Waals surface area contributed by atoms with Gasteiger partial charge < -0.3 is 16.6 Å². The standard InChI is InChI=1S/C17H26N6OS2/c1-4-6-25-16(18)22-20-10-13-8-12(3)9-14(15(13)24)11-21-23-17(19)26-7-5-2/h8-11,24H,4-7H2,1-3H3,(H2,18,22)(H2,19,23)/b20-10+,21-11?. The highest BCUT2D eigenvalue weighted by molar-refractivity contribution is 8.14. The largest absolute Gasteiger partial charge is 0.507 e. The van der Waals surface area contributed by atoms with Crippen LogP contribution in [0.15, 0.2) is 32.5 Å². The molecule has 0 spiro atoms. The van der Waals surface area contributed by atoms with E-state index in [1.165, 1.54) is 36.0 Å². The molecule has 1 rings (SSSR count). The third-order valence-corrected chi connectivity index (χ3v) is 4.91. The van der Waals surface area contributed by atoms with Gasteiger partial charge in [-0.25, -0.2) is 0 Å². The summed E-state index contributed by atoms with van der Waals surface area (Å²) in [5, 5.41) is 26.9. The van der Waals surface area contributed by atoms with Crippen LogP contribution in [0, 0.1) is 6.92 Å². The molecule has 0 aliphatic carbocycles. The Morgan fingerprint density at radius 3 is 1.77 bits per heavy atom. The molecule has 0 saturated heterocycles. The summed E-state index contributed by atoms with van der Waals surface area (Å²) in [6.45, 7) is 6.05. The van der Waals surface area contributed by atoms with Crippen molar-refractivity contribution in [3.63, 3.8) is 0 Å². The minimum absolute atomic E-state index is 0.0491. The van der Waals surface area contributed by atoms with Crippen molar-refractivity contribution in [1.29, 1.82) is 0 Å². The van der Waals surface area contributed by atoms with Gasteiger partial charge in [0.2, 0.25) is 0 Å². The monoisotopic (exact) mass is 394 g/mol. The van der Waals surface area contributed by atoms with Gasteiger partial charge in [-0.2, -0.15) is 10.2 Å². The second kappa shape index (κ2) is 12.4. The Bertz CT molecular complexity index is 645. The molecule has 9 heteroatoms. The average molecular weight is 395 g/mol. The van der Waals surface area contributed by atoms with Gasteiger partial charge >= 0.3 is 0 Å². The number of thioether (sulfide) groups is 2. The summed E-state index contributed by atoms with van der Waals surface area (Å²) in [5.41, 5.74) is 13.5. The first-order valence-electron chi connectivity index (χ1n) is 8.30. The van der Waals surface area contributed by atoms with E-state index in [1.807, 2.05) is 6.92 Å². The summed E-state index contributed by atoms with van der Waals surface area (Å²) in [6, 6.07) is 3.60. The van der Waals surface area contributed by atoms with Gasteiger partial charge in [-0.1, -0.05) is 37.4 Å². The van der Waals surface area contributed by atoms with Crippen molar-refractivity contribution >= 4 is 46.3 Å².